The second-order valence-corrected chi connectivity index (χ2v) is 10.9. The van der Waals surface area contributed by atoms with Crippen molar-refractivity contribution in [3.8, 4) is 11.5 Å². The summed E-state index contributed by atoms with van der Waals surface area (Å²) in [4.78, 5) is 30.4. The van der Waals surface area contributed by atoms with Gasteiger partial charge in [0.15, 0.2) is 16.6 Å². The Morgan fingerprint density at radius 2 is 1.39 bits per heavy atom. The van der Waals surface area contributed by atoms with Gasteiger partial charge < -0.3 is 9.47 Å². The van der Waals surface area contributed by atoms with Crippen molar-refractivity contribution in [3.63, 3.8) is 0 Å². The van der Waals surface area contributed by atoms with Crippen LogP contribution in [0.2, 0.25) is 5.02 Å². The third kappa shape index (κ3) is 6.14. The average molecular weight is 695 g/mol. The summed E-state index contributed by atoms with van der Waals surface area (Å²) < 4.78 is 12.8. The molecule has 41 heavy (non-hydrogen) atoms. The van der Waals surface area contributed by atoms with E-state index in [0.717, 1.165) is 9.13 Å². The number of hydrogen-bond donors (Lipinski definition) is 0. The number of rotatable bonds is 8. The number of carbonyl (C=O) groups excluding carboxylic acids is 2. The number of nitrogens with zero attached hydrogens (tertiary/aromatic N) is 2. The van der Waals surface area contributed by atoms with Gasteiger partial charge in [0.05, 0.1) is 21.6 Å². The minimum absolute atomic E-state index is 0.0331. The van der Waals surface area contributed by atoms with Gasteiger partial charge in [-0.25, -0.2) is 0 Å². The molecule has 0 bridgehead atoms. The van der Waals surface area contributed by atoms with Crippen molar-refractivity contribution in [2.24, 2.45) is 0 Å². The standard InChI is InChI=1S/C32H24ClIN2O4S/c1-2-39-28-19-21(18-27(34)29(28)40-20-22-11-9-10-16-26(22)33)17-25-30(37)35(23-12-5-3-6-13-23)32(41)36(31(25)38)24-14-7-4-8-15-24/h3-19H,2,20H2,1H3. The smallest absolute Gasteiger partial charge is 0.270 e. The molecule has 0 aliphatic carbocycles. The minimum atomic E-state index is -0.509. The summed E-state index contributed by atoms with van der Waals surface area (Å²) in [5.41, 5.74) is 2.54. The Balaban J connectivity index is 1.56. The molecule has 0 N–H and O–H groups in total. The van der Waals surface area contributed by atoms with Gasteiger partial charge in [-0.05, 0) is 95.8 Å². The van der Waals surface area contributed by atoms with E-state index in [2.05, 4.69) is 22.6 Å². The van der Waals surface area contributed by atoms with Gasteiger partial charge in [-0.2, -0.15) is 0 Å². The lowest BCUT2D eigenvalue weighted by Gasteiger charge is -2.36. The lowest BCUT2D eigenvalue weighted by atomic mass is 10.0. The molecule has 0 atom stereocenters. The van der Waals surface area contributed by atoms with Crippen LogP contribution in [0, 0.1) is 3.57 Å². The van der Waals surface area contributed by atoms with Crippen LogP contribution in [0.3, 0.4) is 0 Å². The molecular formula is C32H24ClIN2O4S. The monoisotopic (exact) mass is 694 g/mol. The van der Waals surface area contributed by atoms with Crippen molar-refractivity contribution in [2.45, 2.75) is 13.5 Å². The van der Waals surface area contributed by atoms with Crippen molar-refractivity contribution in [3.05, 3.63) is 122 Å². The number of halogens is 2. The summed E-state index contributed by atoms with van der Waals surface area (Å²) in [5.74, 6) is 0.0222. The predicted octanol–water partition coefficient (Wildman–Crippen LogP) is 7.67. The van der Waals surface area contributed by atoms with Crippen LogP contribution in [0.5, 0.6) is 11.5 Å². The van der Waals surface area contributed by atoms with Crippen LogP contribution >= 0.6 is 46.4 Å². The molecule has 4 aromatic rings. The van der Waals surface area contributed by atoms with E-state index in [1.54, 1.807) is 36.4 Å². The molecular weight excluding hydrogens is 671 g/mol. The zero-order valence-electron chi connectivity index (χ0n) is 21.9. The van der Waals surface area contributed by atoms with Gasteiger partial charge in [0.2, 0.25) is 0 Å². The highest BCUT2D eigenvalue weighted by Crippen LogP contribution is 2.37. The number of amides is 2. The van der Waals surface area contributed by atoms with Gasteiger partial charge >= 0.3 is 0 Å². The zero-order chi connectivity index (χ0) is 28.9. The average Bonchev–Trinajstić information content (AvgIpc) is 2.97. The van der Waals surface area contributed by atoms with Crippen molar-refractivity contribution in [2.75, 3.05) is 16.4 Å². The number of thiocarbonyl (C=S) groups is 1. The first-order chi connectivity index (χ1) is 19.9. The first-order valence-electron chi connectivity index (χ1n) is 12.8. The van der Waals surface area contributed by atoms with Gasteiger partial charge in [-0.15, -0.1) is 0 Å². The minimum Gasteiger partial charge on any atom is -0.490 e. The molecule has 1 fully saturated rings. The fourth-order valence-corrected chi connectivity index (χ4v) is 5.69. The highest BCUT2D eigenvalue weighted by Gasteiger charge is 2.41. The lowest BCUT2D eigenvalue weighted by Crippen LogP contribution is -2.56. The largest absolute Gasteiger partial charge is 0.490 e. The second-order valence-electron chi connectivity index (χ2n) is 8.94. The van der Waals surface area contributed by atoms with Gasteiger partial charge in [0.1, 0.15) is 12.2 Å². The SMILES string of the molecule is CCOc1cc(C=C2C(=O)N(c3ccccc3)C(=S)N(c3ccccc3)C2=O)cc(I)c1OCc1ccccc1Cl. The Bertz CT molecular complexity index is 1580. The Hall–Kier alpha value is -3.73. The van der Waals surface area contributed by atoms with Crippen molar-refractivity contribution in [1.29, 1.82) is 0 Å². The summed E-state index contributed by atoms with van der Waals surface area (Å²) in [6, 6.07) is 29.2. The molecule has 0 spiro atoms. The predicted molar refractivity (Wildman–Crippen MR) is 175 cm³/mol. The summed E-state index contributed by atoms with van der Waals surface area (Å²) >= 11 is 14.2. The molecule has 0 radical (unpaired) electrons. The van der Waals surface area contributed by atoms with Gasteiger partial charge in [0.25, 0.3) is 11.8 Å². The van der Waals surface area contributed by atoms with Crippen LogP contribution in [0.25, 0.3) is 6.08 Å². The summed E-state index contributed by atoms with van der Waals surface area (Å²) in [7, 11) is 0. The van der Waals surface area contributed by atoms with Crippen molar-refractivity contribution in [1.82, 2.24) is 0 Å². The van der Waals surface area contributed by atoms with Gasteiger partial charge in [-0.3, -0.25) is 19.4 Å². The molecule has 1 saturated heterocycles. The maximum Gasteiger partial charge on any atom is 0.270 e. The number of hydrogen-bond acceptors (Lipinski definition) is 5. The molecule has 5 rings (SSSR count). The highest BCUT2D eigenvalue weighted by molar-refractivity contribution is 14.1. The number of anilines is 2. The van der Waals surface area contributed by atoms with Crippen LogP contribution in [0.4, 0.5) is 11.4 Å². The van der Waals surface area contributed by atoms with Gasteiger partial charge in [0, 0.05) is 10.6 Å². The van der Waals surface area contributed by atoms with Crippen molar-refractivity contribution >= 4 is 80.8 Å². The van der Waals surface area contributed by atoms with E-state index in [1.165, 1.54) is 9.80 Å². The third-order valence-electron chi connectivity index (χ3n) is 6.25. The summed E-state index contributed by atoms with van der Waals surface area (Å²) in [5, 5.41) is 0.697. The van der Waals surface area contributed by atoms with E-state index in [-0.39, 0.29) is 17.3 Å². The van der Waals surface area contributed by atoms with E-state index in [1.807, 2.05) is 73.7 Å². The molecule has 0 saturated carbocycles. The topological polar surface area (TPSA) is 59.1 Å². The molecule has 206 valence electrons. The molecule has 1 aliphatic heterocycles. The van der Waals surface area contributed by atoms with Gasteiger partial charge in [-0.1, -0.05) is 66.2 Å². The Labute approximate surface area is 262 Å². The fourth-order valence-electron chi connectivity index (χ4n) is 4.35. The van der Waals surface area contributed by atoms with Crippen LogP contribution in [0.1, 0.15) is 18.1 Å². The van der Waals surface area contributed by atoms with E-state index in [4.69, 9.17) is 33.3 Å². The zero-order valence-corrected chi connectivity index (χ0v) is 25.7. The maximum absolute atomic E-state index is 13.8. The normalized spacial score (nSPS) is 13.4. The van der Waals surface area contributed by atoms with Crippen LogP contribution in [0.15, 0.2) is 103 Å². The molecule has 0 unspecified atom stereocenters. The van der Waals surface area contributed by atoms with E-state index in [0.29, 0.717) is 40.1 Å². The summed E-state index contributed by atoms with van der Waals surface area (Å²) in [6.07, 6.45) is 1.57. The quantitative estimate of drug-likeness (QED) is 0.0821. The highest BCUT2D eigenvalue weighted by atomic mass is 127. The Kier molecular flexibility index (Phi) is 9.02. The molecule has 1 heterocycles. The third-order valence-corrected chi connectivity index (χ3v) is 7.79. The van der Waals surface area contributed by atoms with Crippen LogP contribution in [-0.2, 0) is 16.2 Å². The molecule has 9 heteroatoms. The number of benzene rings is 4. The van der Waals surface area contributed by atoms with E-state index < -0.39 is 11.8 Å². The first-order valence-corrected chi connectivity index (χ1v) is 14.6. The number of carbonyl (C=O) groups is 2. The second kappa shape index (κ2) is 12.8. The van der Waals surface area contributed by atoms with Crippen molar-refractivity contribution < 1.29 is 19.1 Å². The van der Waals surface area contributed by atoms with E-state index in [9.17, 15) is 9.59 Å². The molecule has 6 nitrogen and oxygen atoms in total. The lowest BCUT2D eigenvalue weighted by molar-refractivity contribution is -0.120. The number of para-hydroxylation sites is 2. The first kappa shape index (κ1) is 28.8. The number of ether oxygens (including phenoxy) is 2. The molecule has 1 aliphatic rings. The molecule has 4 aromatic carbocycles. The van der Waals surface area contributed by atoms with E-state index >= 15 is 0 Å². The summed E-state index contributed by atoms with van der Waals surface area (Å²) in [6.45, 7) is 2.53. The Morgan fingerprint density at radius 1 is 0.829 bits per heavy atom. The molecule has 0 aromatic heterocycles. The molecule has 2 amide bonds. The fraction of sp³-hybridized carbons (Fsp3) is 0.0938. The Morgan fingerprint density at radius 3 is 1.95 bits per heavy atom. The van der Waals surface area contributed by atoms with Crippen LogP contribution in [-0.4, -0.2) is 23.5 Å². The maximum atomic E-state index is 13.8. The van der Waals surface area contributed by atoms with Crippen LogP contribution < -0.4 is 19.3 Å².